The number of carbonyl (C=O) groups excluding carboxylic acids is 1. The molecule has 25 heavy (non-hydrogen) atoms. The summed E-state index contributed by atoms with van der Waals surface area (Å²) in [6, 6.07) is 0. The Balaban J connectivity index is 1.76. The zero-order valence-electron chi connectivity index (χ0n) is 15.8. The van der Waals surface area contributed by atoms with Crippen LogP contribution in [-0.2, 0) is 4.79 Å². The van der Waals surface area contributed by atoms with E-state index in [9.17, 15) is 9.90 Å². The first-order valence-electron chi connectivity index (χ1n) is 10.3. The van der Waals surface area contributed by atoms with Crippen LogP contribution in [0, 0.1) is 17.8 Å². The highest BCUT2D eigenvalue weighted by molar-refractivity contribution is 5.94. The normalized spacial score (nSPS) is 25.8. The van der Waals surface area contributed by atoms with Crippen LogP contribution in [0.4, 0.5) is 0 Å². The van der Waals surface area contributed by atoms with Gasteiger partial charge in [0.25, 0.3) is 0 Å². The Bertz CT molecular complexity index is 464. The summed E-state index contributed by atoms with van der Waals surface area (Å²) in [6.45, 7) is 2.41. The van der Waals surface area contributed by atoms with Gasteiger partial charge in [-0.2, -0.15) is 0 Å². The minimum atomic E-state index is -0.528. The Morgan fingerprint density at radius 2 is 1.92 bits per heavy atom. The maximum atomic E-state index is 12.1. The molecule has 0 spiro atoms. The van der Waals surface area contributed by atoms with Gasteiger partial charge in [-0.15, -0.1) is 0 Å². The molecule has 142 valence electrons. The summed E-state index contributed by atoms with van der Waals surface area (Å²) >= 11 is 0. The highest BCUT2D eigenvalue weighted by atomic mass is 16.3. The molecule has 0 aromatic heterocycles. The highest BCUT2D eigenvalue weighted by Gasteiger charge is 2.42. The SMILES string of the molecule is CCCC(O)(CC=C[C@H]1C=CC(=O)[C@@H]1CCCCCCCO)C1CC1. The number of hydrogen-bond acceptors (Lipinski definition) is 3. The maximum absolute atomic E-state index is 12.1. The molecule has 0 aromatic rings. The number of ketones is 1. The van der Waals surface area contributed by atoms with E-state index in [2.05, 4.69) is 19.1 Å². The van der Waals surface area contributed by atoms with Crippen LogP contribution in [0.25, 0.3) is 0 Å². The molecule has 2 aliphatic rings. The van der Waals surface area contributed by atoms with Gasteiger partial charge in [-0.1, -0.05) is 57.3 Å². The number of carbonyl (C=O) groups is 1. The van der Waals surface area contributed by atoms with Crippen molar-refractivity contribution in [1.82, 2.24) is 0 Å². The largest absolute Gasteiger partial charge is 0.396 e. The van der Waals surface area contributed by atoms with Gasteiger partial charge in [0, 0.05) is 18.4 Å². The van der Waals surface area contributed by atoms with Crippen molar-refractivity contribution in [3.63, 3.8) is 0 Å². The molecule has 0 heterocycles. The van der Waals surface area contributed by atoms with Crippen LogP contribution in [0.2, 0.25) is 0 Å². The van der Waals surface area contributed by atoms with Gasteiger partial charge in [0.05, 0.1) is 5.60 Å². The molecule has 2 N–H and O–H groups in total. The second-order valence-corrected chi connectivity index (χ2v) is 7.99. The monoisotopic (exact) mass is 348 g/mol. The minimum absolute atomic E-state index is 0.0919. The van der Waals surface area contributed by atoms with Gasteiger partial charge >= 0.3 is 0 Å². The molecule has 0 aliphatic heterocycles. The van der Waals surface area contributed by atoms with Gasteiger partial charge in [-0.05, 0) is 50.5 Å². The number of aliphatic hydroxyl groups is 2. The number of allylic oxidation sites excluding steroid dienone is 3. The molecule has 3 heteroatoms. The molecule has 3 atom stereocenters. The summed E-state index contributed by atoms with van der Waals surface area (Å²) in [4.78, 5) is 12.1. The van der Waals surface area contributed by atoms with E-state index in [0.717, 1.165) is 70.6 Å². The number of rotatable bonds is 13. The van der Waals surface area contributed by atoms with Gasteiger partial charge in [0.15, 0.2) is 5.78 Å². The second kappa shape index (κ2) is 10.3. The Kier molecular flexibility index (Phi) is 8.38. The van der Waals surface area contributed by atoms with Crippen LogP contribution in [-0.4, -0.2) is 28.2 Å². The highest BCUT2D eigenvalue weighted by Crippen LogP contribution is 2.44. The summed E-state index contributed by atoms with van der Waals surface area (Å²) < 4.78 is 0. The molecular weight excluding hydrogens is 312 g/mol. The summed E-state index contributed by atoms with van der Waals surface area (Å²) in [5.41, 5.74) is -0.528. The van der Waals surface area contributed by atoms with E-state index in [4.69, 9.17) is 5.11 Å². The predicted molar refractivity (Wildman–Crippen MR) is 102 cm³/mol. The Labute approximate surface area is 153 Å². The summed E-state index contributed by atoms with van der Waals surface area (Å²) in [5.74, 6) is 1.04. The Morgan fingerprint density at radius 3 is 2.60 bits per heavy atom. The molecule has 0 radical (unpaired) electrons. The molecule has 0 bridgehead atoms. The first kappa shape index (κ1) is 20.4. The predicted octanol–water partition coefficient (Wildman–Crippen LogP) is 4.58. The van der Waals surface area contributed by atoms with Crippen LogP contribution in [0.1, 0.15) is 77.6 Å². The van der Waals surface area contributed by atoms with E-state index in [1.54, 1.807) is 6.08 Å². The first-order chi connectivity index (χ1) is 12.1. The first-order valence-corrected chi connectivity index (χ1v) is 10.3. The Hall–Kier alpha value is -0.930. The van der Waals surface area contributed by atoms with E-state index >= 15 is 0 Å². The molecule has 2 rings (SSSR count). The van der Waals surface area contributed by atoms with E-state index in [1.165, 1.54) is 0 Å². The van der Waals surface area contributed by atoms with Crippen LogP contribution in [0.15, 0.2) is 24.3 Å². The van der Waals surface area contributed by atoms with Crippen molar-refractivity contribution in [1.29, 1.82) is 0 Å². The van der Waals surface area contributed by atoms with Crippen molar-refractivity contribution in [2.75, 3.05) is 6.61 Å². The van der Waals surface area contributed by atoms with E-state index in [1.807, 2.05) is 6.08 Å². The summed E-state index contributed by atoms with van der Waals surface area (Å²) in [6.07, 6.45) is 19.2. The molecule has 1 fully saturated rings. The van der Waals surface area contributed by atoms with E-state index in [0.29, 0.717) is 5.92 Å². The smallest absolute Gasteiger partial charge is 0.159 e. The lowest BCUT2D eigenvalue weighted by Gasteiger charge is -2.26. The van der Waals surface area contributed by atoms with E-state index in [-0.39, 0.29) is 24.2 Å². The fraction of sp³-hybridized carbons (Fsp3) is 0.773. The van der Waals surface area contributed by atoms with Crippen molar-refractivity contribution in [2.24, 2.45) is 17.8 Å². The zero-order chi connectivity index (χ0) is 18.1. The zero-order valence-corrected chi connectivity index (χ0v) is 15.8. The third-order valence-corrected chi connectivity index (χ3v) is 5.84. The summed E-state index contributed by atoms with van der Waals surface area (Å²) in [7, 11) is 0. The standard InChI is InChI=1S/C22H36O3/c1-2-15-22(25,19-12-13-19)16-8-9-18-11-14-21(24)20(18)10-6-4-3-5-7-17-23/h8-9,11,14,18-20,23,25H,2-7,10,12-13,15-17H2,1H3/t18-,20+,22?/m0/s1. The van der Waals surface area contributed by atoms with Gasteiger partial charge in [-0.3, -0.25) is 4.79 Å². The molecule has 0 amide bonds. The molecule has 1 saturated carbocycles. The van der Waals surface area contributed by atoms with Gasteiger partial charge in [0.1, 0.15) is 0 Å². The molecule has 1 unspecified atom stereocenters. The second-order valence-electron chi connectivity index (χ2n) is 7.99. The number of hydrogen-bond donors (Lipinski definition) is 2. The van der Waals surface area contributed by atoms with Crippen LogP contribution in [0.5, 0.6) is 0 Å². The average Bonchev–Trinajstić information content (AvgIpc) is 3.39. The molecule has 2 aliphatic carbocycles. The van der Waals surface area contributed by atoms with Crippen LogP contribution < -0.4 is 0 Å². The van der Waals surface area contributed by atoms with Gasteiger partial charge in [0.2, 0.25) is 0 Å². The van der Waals surface area contributed by atoms with Gasteiger partial charge < -0.3 is 10.2 Å². The molecular formula is C22H36O3. The molecule has 3 nitrogen and oxygen atoms in total. The fourth-order valence-electron chi connectivity index (χ4n) is 4.15. The van der Waals surface area contributed by atoms with Crippen molar-refractivity contribution < 1.29 is 15.0 Å². The van der Waals surface area contributed by atoms with Crippen molar-refractivity contribution in [3.05, 3.63) is 24.3 Å². The lowest BCUT2D eigenvalue weighted by molar-refractivity contribution is -0.118. The van der Waals surface area contributed by atoms with Crippen molar-refractivity contribution in [3.8, 4) is 0 Å². The number of aliphatic hydroxyl groups excluding tert-OH is 1. The average molecular weight is 349 g/mol. The maximum Gasteiger partial charge on any atom is 0.159 e. The third-order valence-electron chi connectivity index (χ3n) is 5.84. The fourth-order valence-corrected chi connectivity index (χ4v) is 4.15. The summed E-state index contributed by atoms with van der Waals surface area (Å²) in [5, 5.41) is 19.6. The minimum Gasteiger partial charge on any atom is -0.396 e. The lowest BCUT2D eigenvalue weighted by Crippen LogP contribution is -2.30. The topological polar surface area (TPSA) is 57.5 Å². The molecule has 0 aromatic carbocycles. The lowest BCUT2D eigenvalue weighted by atomic mass is 9.86. The van der Waals surface area contributed by atoms with Crippen molar-refractivity contribution in [2.45, 2.75) is 83.2 Å². The number of unbranched alkanes of at least 4 members (excludes halogenated alkanes) is 4. The molecule has 0 saturated heterocycles. The third kappa shape index (κ3) is 6.38. The quantitative estimate of drug-likeness (QED) is 0.378. The Morgan fingerprint density at radius 1 is 1.20 bits per heavy atom. The van der Waals surface area contributed by atoms with Crippen molar-refractivity contribution >= 4 is 5.78 Å². The van der Waals surface area contributed by atoms with Crippen LogP contribution in [0.3, 0.4) is 0 Å². The van der Waals surface area contributed by atoms with Gasteiger partial charge in [-0.25, -0.2) is 0 Å². The van der Waals surface area contributed by atoms with E-state index < -0.39 is 5.60 Å². The van der Waals surface area contributed by atoms with Crippen LogP contribution >= 0.6 is 0 Å².